The van der Waals surface area contributed by atoms with Crippen LogP contribution in [0.25, 0.3) is 22.3 Å². The number of amides is 4. The van der Waals surface area contributed by atoms with Gasteiger partial charge in [0, 0.05) is 122 Å². The van der Waals surface area contributed by atoms with Crippen molar-refractivity contribution in [2.75, 3.05) is 104 Å². The summed E-state index contributed by atoms with van der Waals surface area (Å²) >= 11 is 38.9. The number of urea groups is 2. The summed E-state index contributed by atoms with van der Waals surface area (Å²) in [7, 11) is 12.8. The van der Waals surface area contributed by atoms with Crippen molar-refractivity contribution in [2.24, 2.45) is 0 Å². The van der Waals surface area contributed by atoms with Gasteiger partial charge in [-0.2, -0.15) is 0 Å². The third-order valence-electron chi connectivity index (χ3n) is 14.2. The van der Waals surface area contributed by atoms with Crippen LogP contribution in [0.15, 0.2) is 109 Å². The summed E-state index contributed by atoms with van der Waals surface area (Å²) in [6, 6.07) is 33.8. The molecule has 0 bridgehead atoms. The Balaban J connectivity index is 0.000000175. The minimum atomic E-state index is -0.379. The molecule has 0 saturated carbocycles. The first kappa shape index (κ1) is 58.2. The zero-order valence-corrected chi connectivity index (χ0v) is 48.6. The first-order valence-electron chi connectivity index (χ1n) is 25.4. The second-order valence-electron chi connectivity index (χ2n) is 20.1. The molecular formula is C58H64Cl6N10O3. The summed E-state index contributed by atoms with van der Waals surface area (Å²) in [4.78, 5) is 52.4. The van der Waals surface area contributed by atoms with Crippen molar-refractivity contribution in [3.63, 3.8) is 0 Å². The maximum atomic E-state index is 13.3. The van der Waals surface area contributed by atoms with E-state index in [1.165, 1.54) is 24.5 Å². The highest BCUT2D eigenvalue weighted by molar-refractivity contribution is 6.41. The number of nitrogens with zero attached hydrogens (tertiary/aromatic N) is 7. The third-order valence-corrected chi connectivity index (χ3v) is 16.1. The summed E-state index contributed by atoms with van der Waals surface area (Å²) in [5.41, 5.74) is 8.91. The van der Waals surface area contributed by atoms with E-state index in [1.807, 2.05) is 42.5 Å². The lowest BCUT2D eigenvalue weighted by Crippen LogP contribution is -2.58. The number of likely N-dealkylation sites (tertiary alicyclic amines) is 1. The zero-order valence-electron chi connectivity index (χ0n) is 44.0. The van der Waals surface area contributed by atoms with Crippen molar-refractivity contribution < 1.29 is 14.4 Å². The highest BCUT2D eigenvalue weighted by Crippen LogP contribution is 2.47. The van der Waals surface area contributed by atoms with Crippen LogP contribution in [0.5, 0.6) is 0 Å². The van der Waals surface area contributed by atoms with Crippen LogP contribution in [0, 0.1) is 0 Å². The third kappa shape index (κ3) is 13.7. The molecule has 406 valence electrons. The molecule has 0 aliphatic carbocycles. The average Bonchev–Trinajstić information content (AvgIpc) is 3.50. The van der Waals surface area contributed by atoms with Crippen LogP contribution in [-0.4, -0.2) is 150 Å². The monoisotopic (exact) mass is 1160 g/mol. The van der Waals surface area contributed by atoms with Gasteiger partial charge in [0.05, 0.1) is 42.8 Å². The Morgan fingerprint density at radius 3 is 1.38 bits per heavy atom. The van der Waals surface area contributed by atoms with E-state index in [-0.39, 0.29) is 18.6 Å². The number of fused-ring (bicyclic) bond motifs is 2. The minimum absolute atomic E-state index is 0.263. The van der Waals surface area contributed by atoms with E-state index in [1.54, 1.807) is 59.5 Å². The molecule has 4 aliphatic rings. The van der Waals surface area contributed by atoms with Gasteiger partial charge in [-0.25, -0.2) is 9.59 Å². The number of carbonyl (C=O) groups excluding carboxylic acids is 3. The van der Waals surface area contributed by atoms with Crippen LogP contribution >= 0.6 is 69.6 Å². The Morgan fingerprint density at radius 1 is 0.519 bits per heavy atom. The summed E-state index contributed by atoms with van der Waals surface area (Å²) in [6.07, 6.45) is 0.736. The van der Waals surface area contributed by atoms with Crippen molar-refractivity contribution in [3.05, 3.63) is 162 Å². The summed E-state index contributed by atoms with van der Waals surface area (Å²) < 4.78 is 0. The first-order chi connectivity index (χ1) is 36.9. The molecule has 10 rings (SSSR count). The Bertz CT molecular complexity index is 3060. The second kappa shape index (κ2) is 26.3. The average molecular weight is 1160 g/mol. The first-order valence-corrected chi connectivity index (χ1v) is 27.6. The van der Waals surface area contributed by atoms with Crippen LogP contribution in [0.2, 0.25) is 30.1 Å². The molecule has 0 aromatic heterocycles. The van der Waals surface area contributed by atoms with Gasteiger partial charge in [-0.3, -0.25) is 29.3 Å². The van der Waals surface area contributed by atoms with Gasteiger partial charge in [0.1, 0.15) is 6.29 Å². The standard InChI is InChI=1S/C29H32Cl3N5O.C21H13Cl3N2O2.C8H19N3/c1-34(2)11-12-35(3)20-17-36(18-20)16-19-13-22(21-7-4-5-8-24(21)30)23-15-33-29(38)37(27(23)14-19)28-25(31)9-6-10-26(28)32;22-16-5-2-1-4-13(16)14-8-12(11-27)9-19-15(14)10-25-21(28)26(19)20-17(23)6-3-7-18(20)24;1-10(2)4-5-11(3)8-6-9-7-8/h4-10,13-14,20H,11-12,15-18H2,1-3H3,(H,33,38);1-9,11H,10H2,(H,25,28);8-9H,4-7H2,1-3H3. The summed E-state index contributed by atoms with van der Waals surface area (Å²) in [5, 5.41) is 11.8. The van der Waals surface area contributed by atoms with Gasteiger partial charge >= 0.3 is 12.1 Å². The fourth-order valence-corrected chi connectivity index (χ4v) is 11.2. The van der Waals surface area contributed by atoms with Gasteiger partial charge in [0.2, 0.25) is 0 Å². The van der Waals surface area contributed by atoms with E-state index in [0.29, 0.717) is 65.3 Å². The Kier molecular flexibility index (Phi) is 19.9. The lowest BCUT2D eigenvalue weighted by atomic mass is 9.93. The lowest BCUT2D eigenvalue weighted by Gasteiger charge is -2.44. The molecule has 2 saturated heterocycles. The SMILES string of the molecule is CN(C)CCN(C)C1CN(Cc2cc(-c3ccccc3Cl)c3c(c2)N(c2c(Cl)cccc2Cl)C(=O)NC3)C1.CN(C)CCN(C)C1CNC1.O=Cc1cc(-c2ccccc2Cl)c2c(c1)N(c1c(Cl)cccc1Cl)C(=O)NC2. The van der Waals surface area contributed by atoms with Gasteiger partial charge in [-0.15, -0.1) is 0 Å². The number of nitrogens with one attached hydrogen (secondary N) is 3. The number of carbonyl (C=O) groups is 3. The zero-order chi connectivity index (χ0) is 55.1. The van der Waals surface area contributed by atoms with E-state index < -0.39 is 0 Å². The molecule has 13 nitrogen and oxygen atoms in total. The minimum Gasteiger partial charge on any atom is -0.333 e. The van der Waals surface area contributed by atoms with E-state index in [4.69, 9.17) is 69.6 Å². The fraction of sp³-hybridized carbons (Fsp3) is 0.328. The number of halogens is 6. The van der Waals surface area contributed by atoms with Crippen molar-refractivity contribution in [2.45, 2.75) is 31.7 Å². The molecule has 3 N–H and O–H groups in total. The molecule has 0 unspecified atom stereocenters. The highest BCUT2D eigenvalue weighted by atomic mass is 35.5. The maximum Gasteiger partial charge on any atom is 0.326 e. The molecule has 2 fully saturated rings. The summed E-state index contributed by atoms with van der Waals surface area (Å²) in [5.74, 6) is 0. The quantitative estimate of drug-likeness (QED) is 0.0866. The van der Waals surface area contributed by atoms with Crippen molar-refractivity contribution >= 4 is 111 Å². The van der Waals surface area contributed by atoms with Crippen molar-refractivity contribution in [1.29, 1.82) is 0 Å². The molecular weight excluding hydrogens is 1100 g/mol. The van der Waals surface area contributed by atoms with Crippen LogP contribution in [0.4, 0.5) is 32.3 Å². The molecule has 77 heavy (non-hydrogen) atoms. The Hall–Kier alpha value is -4.97. The number of para-hydroxylation sites is 2. The smallest absolute Gasteiger partial charge is 0.326 e. The van der Waals surface area contributed by atoms with Crippen LogP contribution < -0.4 is 25.8 Å². The molecule has 0 atom stereocenters. The number of rotatable bonds is 15. The molecule has 19 heteroatoms. The number of benzene rings is 6. The van der Waals surface area contributed by atoms with Crippen molar-refractivity contribution in [1.82, 2.24) is 40.4 Å². The van der Waals surface area contributed by atoms with Gasteiger partial charge in [0.25, 0.3) is 0 Å². The van der Waals surface area contributed by atoms with Gasteiger partial charge in [-0.05, 0) is 120 Å². The summed E-state index contributed by atoms with van der Waals surface area (Å²) in [6.45, 7) is 10.2. The number of aldehydes is 1. The Labute approximate surface area is 482 Å². The molecule has 0 radical (unpaired) electrons. The largest absolute Gasteiger partial charge is 0.333 e. The van der Waals surface area contributed by atoms with Gasteiger partial charge in [-0.1, -0.05) is 118 Å². The molecule has 6 aromatic rings. The highest BCUT2D eigenvalue weighted by Gasteiger charge is 2.35. The molecule has 4 amide bonds. The lowest BCUT2D eigenvalue weighted by molar-refractivity contribution is 0.0406. The van der Waals surface area contributed by atoms with E-state index in [0.717, 1.165) is 96.2 Å². The topological polar surface area (TPSA) is 110 Å². The fourth-order valence-electron chi connectivity index (χ4n) is 9.59. The van der Waals surface area contributed by atoms with Crippen LogP contribution in [0.3, 0.4) is 0 Å². The number of hydrogen-bond donors (Lipinski definition) is 3. The molecule has 4 aliphatic heterocycles. The molecule has 0 spiro atoms. The van der Waals surface area contributed by atoms with Gasteiger partial charge in [0.15, 0.2) is 0 Å². The number of hydrogen-bond acceptors (Lipinski definition) is 9. The molecule has 4 heterocycles. The predicted octanol–water partition coefficient (Wildman–Crippen LogP) is 12.3. The maximum absolute atomic E-state index is 13.3. The van der Waals surface area contributed by atoms with E-state index in [2.05, 4.69) is 94.9 Å². The van der Waals surface area contributed by atoms with E-state index >= 15 is 0 Å². The number of likely N-dealkylation sites (N-methyl/N-ethyl adjacent to an activating group) is 4. The van der Waals surface area contributed by atoms with Crippen LogP contribution in [-0.2, 0) is 19.6 Å². The van der Waals surface area contributed by atoms with E-state index in [9.17, 15) is 14.4 Å². The van der Waals surface area contributed by atoms with Crippen LogP contribution in [0.1, 0.15) is 27.0 Å². The van der Waals surface area contributed by atoms with Gasteiger partial charge < -0.3 is 25.8 Å². The Morgan fingerprint density at radius 2 is 0.948 bits per heavy atom. The predicted molar refractivity (Wildman–Crippen MR) is 319 cm³/mol. The second-order valence-corrected chi connectivity index (χ2v) is 22.6. The normalized spacial score (nSPS) is 15.5. The number of anilines is 4. The molecule has 6 aromatic carbocycles. The van der Waals surface area contributed by atoms with Crippen molar-refractivity contribution in [3.8, 4) is 22.3 Å².